The van der Waals surface area contributed by atoms with Crippen molar-refractivity contribution in [2.24, 2.45) is 0 Å². The van der Waals surface area contributed by atoms with Crippen LogP contribution in [0.3, 0.4) is 0 Å². The number of esters is 1. The molecule has 0 bridgehead atoms. The standard InChI is InChI=1S/C8H12O4.C4H8O/c1-3-6(9)5-7(10)8(11)12-4-2;1-3-4(2)5/h3-5H2,1-2H3;3H2,1-2H3. The molecule has 0 aromatic carbocycles. The molecule has 0 aliphatic heterocycles. The van der Waals surface area contributed by atoms with E-state index in [1.807, 2.05) is 6.92 Å². The SMILES string of the molecule is CCC(C)=O.CCOC(=O)C(=O)CC(=O)CC. The summed E-state index contributed by atoms with van der Waals surface area (Å²) in [6.07, 6.45) is 0.598. The molecule has 5 heteroatoms. The van der Waals surface area contributed by atoms with Crippen LogP contribution in [0.2, 0.25) is 0 Å². The first-order valence-electron chi connectivity index (χ1n) is 5.59. The van der Waals surface area contributed by atoms with Gasteiger partial charge in [0.1, 0.15) is 11.6 Å². The second kappa shape index (κ2) is 11.0. The normalized spacial score (nSPS) is 8.71. The predicted molar refractivity (Wildman–Crippen MR) is 62.5 cm³/mol. The molecular weight excluding hydrogens is 224 g/mol. The minimum absolute atomic E-state index is 0.158. The van der Waals surface area contributed by atoms with Crippen LogP contribution in [0.1, 0.15) is 47.0 Å². The van der Waals surface area contributed by atoms with Gasteiger partial charge in [0, 0.05) is 12.8 Å². The molecule has 5 nitrogen and oxygen atoms in total. The Morgan fingerprint density at radius 1 is 0.941 bits per heavy atom. The monoisotopic (exact) mass is 244 g/mol. The fourth-order valence-corrected chi connectivity index (χ4v) is 0.588. The lowest BCUT2D eigenvalue weighted by Gasteiger charge is -1.98. The Hall–Kier alpha value is -1.52. The summed E-state index contributed by atoms with van der Waals surface area (Å²) in [4.78, 5) is 42.0. The van der Waals surface area contributed by atoms with E-state index in [0.29, 0.717) is 6.42 Å². The molecule has 0 fully saturated rings. The van der Waals surface area contributed by atoms with E-state index in [2.05, 4.69) is 4.74 Å². The number of rotatable bonds is 6. The van der Waals surface area contributed by atoms with Crippen molar-refractivity contribution in [2.75, 3.05) is 6.61 Å². The molecule has 98 valence electrons. The number of hydrogen-bond acceptors (Lipinski definition) is 5. The summed E-state index contributed by atoms with van der Waals surface area (Å²) < 4.78 is 4.41. The number of Topliss-reactive ketones (excluding diaryl/α,β-unsaturated/α-hetero) is 3. The zero-order valence-electron chi connectivity index (χ0n) is 10.9. The summed E-state index contributed by atoms with van der Waals surface area (Å²) in [6, 6.07) is 0. The van der Waals surface area contributed by atoms with Crippen molar-refractivity contribution in [3.8, 4) is 0 Å². The number of ether oxygens (including phenoxy) is 1. The Morgan fingerprint density at radius 3 is 1.71 bits per heavy atom. The Bertz CT molecular complexity index is 281. The molecule has 0 radical (unpaired) electrons. The number of hydrogen-bond donors (Lipinski definition) is 0. The maximum atomic E-state index is 10.8. The van der Waals surface area contributed by atoms with Gasteiger partial charge >= 0.3 is 5.97 Å². The first kappa shape index (κ1) is 17.9. The third-order valence-electron chi connectivity index (χ3n) is 1.75. The van der Waals surface area contributed by atoms with Crippen LogP contribution in [-0.4, -0.2) is 29.9 Å². The summed E-state index contributed by atoms with van der Waals surface area (Å²) in [5.41, 5.74) is 0. The van der Waals surface area contributed by atoms with Crippen molar-refractivity contribution in [3.63, 3.8) is 0 Å². The molecule has 0 aliphatic rings. The van der Waals surface area contributed by atoms with Gasteiger partial charge in [-0.2, -0.15) is 0 Å². The molecule has 0 heterocycles. The van der Waals surface area contributed by atoms with Crippen molar-refractivity contribution in [3.05, 3.63) is 0 Å². The second-order valence-corrected chi connectivity index (χ2v) is 3.27. The Labute approximate surface area is 102 Å². The Morgan fingerprint density at radius 2 is 1.41 bits per heavy atom. The van der Waals surface area contributed by atoms with Gasteiger partial charge in [0.25, 0.3) is 0 Å². The van der Waals surface area contributed by atoms with Crippen LogP contribution in [-0.2, 0) is 23.9 Å². The lowest BCUT2D eigenvalue weighted by atomic mass is 10.2. The summed E-state index contributed by atoms with van der Waals surface area (Å²) in [5, 5.41) is 0. The zero-order valence-corrected chi connectivity index (χ0v) is 10.9. The van der Waals surface area contributed by atoms with E-state index in [0.717, 1.165) is 0 Å². The van der Waals surface area contributed by atoms with Gasteiger partial charge in [0.2, 0.25) is 5.78 Å². The average Bonchev–Trinajstić information content (AvgIpc) is 2.29. The molecule has 0 rings (SSSR count). The van der Waals surface area contributed by atoms with E-state index < -0.39 is 11.8 Å². The van der Waals surface area contributed by atoms with Gasteiger partial charge in [0.15, 0.2) is 0 Å². The third-order valence-corrected chi connectivity index (χ3v) is 1.75. The van der Waals surface area contributed by atoms with E-state index in [1.54, 1.807) is 20.8 Å². The Kier molecular flexibility index (Phi) is 11.5. The van der Waals surface area contributed by atoms with Crippen molar-refractivity contribution in [1.82, 2.24) is 0 Å². The first-order chi connectivity index (χ1) is 7.88. The molecule has 0 saturated heterocycles. The van der Waals surface area contributed by atoms with Crippen LogP contribution in [0.15, 0.2) is 0 Å². The van der Waals surface area contributed by atoms with E-state index >= 15 is 0 Å². The van der Waals surface area contributed by atoms with Crippen molar-refractivity contribution in [2.45, 2.75) is 47.0 Å². The fraction of sp³-hybridized carbons (Fsp3) is 0.667. The first-order valence-corrected chi connectivity index (χ1v) is 5.59. The molecule has 17 heavy (non-hydrogen) atoms. The van der Waals surface area contributed by atoms with E-state index in [9.17, 15) is 19.2 Å². The molecule has 0 spiro atoms. The summed E-state index contributed by atoms with van der Waals surface area (Å²) >= 11 is 0. The highest BCUT2D eigenvalue weighted by molar-refractivity contribution is 6.37. The van der Waals surface area contributed by atoms with Crippen LogP contribution < -0.4 is 0 Å². The maximum Gasteiger partial charge on any atom is 0.375 e. The summed E-state index contributed by atoms with van der Waals surface area (Å²) in [6.45, 7) is 6.83. The molecule has 0 atom stereocenters. The number of carbonyl (C=O) groups is 4. The highest BCUT2D eigenvalue weighted by Crippen LogP contribution is 1.92. The maximum absolute atomic E-state index is 10.8. The molecule has 0 amide bonds. The zero-order chi connectivity index (χ0) is 13.8. The molecule has 0 aliphatic carbocycles. The van der Waals surface area contributed by atoms with Crippen LogP contribution >= 0.6 is 0 Å². The lowest BCUT2D eigenvalue weighted by molar-refractivity contribution is -0.154. The van der Waals surface area contributed by atoms with Gasteiger partial charge in [-0.25, -0.2) is 4.79 Å². The van der Waals surface area contributed by atoms with Crippen LogP contribution in [0, 0.1) is 0 Å². The smallest absolute Gasteiger partial charge is 0.375 e. The van der Waals surface area contributed by atoms with Gasteiger partial charge in [-0.15, -0.1) is 0 Å². The van der Waals surface area contributed by atoms with Gasteiger partial charge in [-0.3, -0.25) is 9.59 Å². The molecule has 0 unspecified atom stereocenters. The highest BCUT2D eigenvalue weighted by atomic mass is 16.5. The largest absolute Gasteiger partial charge is 0.460 e. The second-order valence-electron chi connectivity index (χ2n) is 3.27. The quantitative estimate of drug-likeness (QED) is 0.401. The topological polar surface area (TPSA) is 77.5 Å². The summed E-state index contributed by atoms with van der Waals surface area (Å²) in [7, 11) is 0. The van der Waals surface area contributed by atoms with Crippen LogP contribution in [0.25, 0.3) is 0 Å². The van der Waals surface area contributed by atoms with Crippen molar-refractivity contribution >= 4 is 23.3 Å². The molecule has 0 aromatic rings. The van der Waals surface area contributed by atoms with E-state index in [1.165, 1.54) is 0 Å². The number of ketones is 3. The minimum atomic E-state index is -0.917. The average molecular weight is 244 g/mol. The van der Waals surface area contributed by atoms with Crippen molar-refractivity contribution in [1.29, 1.82) is 0 Å². The minimum Gasteiger partial charge on any atom is -0.460 e. The van der Waals surface area contributed by atoms with Gasteiger partial charge < -0.3 is 9.53 Å². The predicted octanol–water partition coefficient (Wildman–Crippen LogP) is 1.47. The number of carbonyl (C=O) groups excluding carboxylic acids is 4. The van der Waals surface area contributed by atoms with E-state index in [-0.39, 0.29) is 31.0 Å². The fourth-order valence-electron chi connectivity index (χ4n) is 0.588. The Balaban J connectivity index is 0. The molecule has 0 N–H and O–H groups in total. The van der Waals surface area contributed by atoms with Crippen LogP contribution in [0.5, 0.6) is 0 Å². The van der Waals surface area contributed by atoms with Gasteiger partial charge in [-0.1, -0.05) is 13.8 Å². The van der Waals surface area contributed by atoms with Gasteiger partial charge in [0.05, 0.1) is 13.0 Å². The van der Waals surface area contributed by atoms with Gasteiger partial charge in [-0.05, 0) is 13.8 Å². The highest BCUT2D eigenvalue weighted by Gasteiger charge is 2.17. The third kappa shape index (κ3) is 12.4. The summed E-state index contributed by atoms with van der Waals surface area (Å²) in [5.74, 6) is -1.67. The molecule has 0 saturated carbocycles. The molecule has 0 aromatic heterocycles. The van der Waals surface area contributed by atoms with E-state index in [4.69, 9.17) is 0 Å². The van der Waals surface area contributed by atoms with Crippen LogP contribution in [0.4, 0.5) is 0 Å². The lowest BCUT2D eigenvalue weighted by Crippen LogP contribution is -2.20. The molecular formula is C12H20O5. The van der Waals surface area contributed by atoms with Crippen molar-refractivity contribution < 1.29 is 23.9 Å².